The van der Waals surface area contributed by atoms with Crippen molar-refractivity contribution in [3.05, 3.63) is 30.5 Å². The molecular formula is C21H29N5O3S. The van der Waals surface area contributed by atoms with E-state index in [4.69, 9.17) is 10.5 Å². The zero-order chi connectivity index (χ0) is 21.1. The van der Waals surface area contributed by atoms with Gasteiger partial charge in [-0.05, 0) is 37.1 Å². The number of aromatic nitrogens is 2. The number of nitrogens with two attached hydrogens (primary N) is 1. The van der Waals surface area contributed by atoms with Crippen molar-refractivity contribution in [3.63, 3.8) is 0 Å². The molecule has 1 aliphatic carbocycles. The Kier molecular flexibility index (Phi) is 6.10. The molecule has 2 aromatic rings. The monoisotopic (exact) mass is 431 g/mol. The number of anilines is 2. The number of hydrogen-bond donors (Lipinski definition) is 1. The number of sulfone groups is 1. The smallest absolute Gasteiger partial charge is 0.227 e. The number of rotatable bonds is 5. The highest BCUT2D eigenvalue weighted by atomic mass is 32.2. The van der Waals surface area contributed by atoms with Crippen LogP contribution < -0.4 is 15.4 Å². The maximum atomic E-state index is 12.9. The van der Waals surface area contributed by atoms with E-state index in [9.17, 15) is 8.42 Å². The molecular weight excluding hydrogens is 402 g/mol. The van der Waals surface area contributed by atoms with Crippen LogP contribution in [0.1, 0.15) is 32.1 Å². The van der Waals surface area contributed by atoms with Gasteiger partial charge in [-0.3, -0.25) is 4.90 Å². The van der Waals surface area contributed by atoms with E-state index in [1.165, 1.54) is 57.5 Å². The number of nitrogens with zero attached hydrogens (tertiary/aromatic N) is 4. The molecule has 1 saturated carbocycles. The second kappa shape index (κ2) is 8.77. The molecule has 2 aliphatic rings. The molecule has 1 aromatic heterocycles. The van der Waals surface area contributed by atoms with Gasteiger partial charge in [0.2, 0.25) is 15.8 Å². The largest absolute Gasteiger partial charge is 0.497 e. The predicted molar refractivity (Wildman–Crippen MR) is 116 cm³/mol. The summed E-state index contributed by atoms with van der Waals surface area (Å²) in [5.74, 6) is 1.05. The first-order chi connectivity index (χ1) is 14.5. The Hall–Kier alpha value is -2.39. The fourth-order valence-electron chi connectivity index (χ4n) is 4.35. The van der Waals surface area contributed by atoms with Crippen LogP contribution in [0.15, 0.2) is 40.3 Å². The van der Waals surface area contributed by atoms with Crippen LogP contribution in [-0.4, -0.2) is 62.6 Å². The van der Waals surface area contributed by atoms with Crippen LogP contribution in [0.4, 0.5) is 11.8 Å². The highest BCUT2D eigenvalue weighted by Crippen LogP contribution is 2.28. The van der Waals surface area contributed by atoms with Gasteiger partial charge in [0.05, 0.1) is 18.2 Å². The van der Waals surface area contributed by atoms with Crippen LogP contribution in [0.3, 0.4) is 0 Å². The molecule has 9 heteroatoms. The summed E-state index contributed by atoms with van der Waals surface area (Å²) < 4.78 is 31.0. The summed E-state index contributed by atoms with van der Waals surface area (Å²) in [4.78, 5) is 13.4. The molecule has 0 amide bonds. The summed E-state index contributed by atoms with van der Waals surface area (Å²) >= 11 is 0. The molecule has 0 atom stereocenters. The summed E-state index contributed by atoms with van der Waals surface area (Å²) in [6.07, 6.45) is 7.92. The van der Waals surface area contributed by atoms with Crippen LogP contribution in [0.2, 0.25) is 0 Å². The van der Waals surface area contributed by atoms with Gasteiger partial charge >= 0.3 is 0 Å². The van der Waals surface area contributed by atoms with Gasteiger partial charge in [-0.1, -0.05) is 19.3 Å². The molecule has 0 radical (unpaired) electrons. The number of methoxy groups -OCH3 is 1. The number of piperazine rings is 1. The van der Waals surface area contributed by atoms with E-state index in [1.54, 1.807) is 12.1 Å². The summed E-state index contributed by atoms with van der Waals surface area (Å²) in [5, 5.41) is 0. The molecule has 1 saturated heterocycles. The van der Waals surface area contributed by atoms with Gasteiger partial charge in [0.25, 0.3) is 0 Å². The maximum absolute atomic E-state index is 12.9. The van der Waals surface area contributed by atoms with E-state index >= 15 is 0 Å². The van der Waals surface area contributed by atoms with Gasteiger partial charge in [-0.25, -0.2) is 13.4 Å². The average molecular weight is 432 g/mol. The topological polar surface area (TPSA) is 102 Å². The van der Waals surface area contributed by atoms with Crippen molar-refractivity contribution in [2.45, 2.75) is 47.9 Å². The second-order valence-electron chi connectivity index (χ2n) is 7.91. The Balaban J connectivity index is 1.46. The van der Waals surface area contributed by atoms with Crippen molar-refractivity contribution < 1.29 is 13.2 Å². The third-order valence-corrected chi connectivity index (χ3v) is 7.90. The molecule has 0 unspecified atom stereocenters. The molecule has 8 nitrogen and oxygen atoms in total. The zero-order valence-corrected chi connectivity index (χ0v) is 18.1. The minimum atomic E-state index is -3.80. The molecule has 0 spiro atoms. The van der Waals surface area contributed by atoms with E-state index < -0.39 is 9.84 Å². The minimum Gasteiger partial charge on any atom is -0.497 e. The normalized spacial score (nSPS) is 19.0. The SMILES string of the molecule is COc1ccc(S(=O)(=O)c2cnc(N3CCN(C4CCCCC4)CC3)nc2N)cc1. The van der Waals surface area contributed by atoms with Gasteiger partial charge in [0.15, 0.2) is 0 Å². The maximum Gasteiger partial charge on any atom is 0.227 e. The van der Waals surface area contributed by atoms with Gasteiger partial charge in [-0.2, -0.15) is 4.98 Å². The molecule has 1 aliphatic heterocycles. The van der Waals surface area contributed by atoms with Crippen molar-refractivity contribution in [1.82, 2.24) is 14.9 Å². The fraction of sp³-hybridized carbons (Fsp3) is 0.524. The number of benzene rings is 1. The van der Waals surface area contributed by atoms with E-state index in [2.05, 4.69) is 19.8 Å². The van der Waals surface area contributed by atoms with Crippen LogP contribution in [0.5, 0.6) is 5.75 Å². The lowest BCUT2D eigenvalue weighted by molar-refractivity contribution is 0.147. The molecule has 4 rings (SSSR count). The molecule has 30 heavy (non-hydrogen) atoms. The fourth-order valence-corrected chi connectivity index (χ4v) is 5.61. The summed E-state index contributed by atoms with van der Waals surface area (Å²) in [7, 11) is -2.27. The van der Waals surface area contributed by atoms with E-state index in [-0.39, 0.29) is 15.6 Å². The number of hydrogen-bond acceptors (Lipinski definition) is 8. The molecule has 0 bridgehead atoms. The molecule has 2 fully saturated rings. The summed E-state index contributed by atoms with van der Waals surface area (Å²) in [6.45, 7) is 3.58. The van der Waals surface area contributed by atoms with Crippen LogP contribution in [0.25, 0.3) is 0 Å². The lowest BCUT2D eigenvalue weighted by Gasteiger charge is -2.40. The lowest BCUT2D eigenvalue weighted by atomic mass is 9.94. The third kappa shape index (κ3) is 4.22. The summed E-state index contributed by atoms with van der Waals surface area (Å²) in [5.41, 5.74) is 6.06. The zero-order valence-electron chi connectivity index (χ0n) is 17.3. The van der Waals surface area contributed by atoms with Crippen molar-refractivity contribution in [2.24, 2.45) is 0 Å². The van der Waals surface area contributed by atoms with Crippen molar-refractivity contribution >= 4 is 21.6 Å². The Morgan fingerprint density at radius 3 is 2.30 bits per heavy atom. The minimum absolute atomic E-state index is 0.0227. The number of nitrogen functional groups attached to an aromatic ring is 1. The Bertz CT molecular complexity index is 967. The van der Waals surface area contributed by atoms with E-state index in [0.717, 1.165) is 26.2 Å². The first-order valence-corrected chi connectivity index (χ1v) is 12.0. The molecule has 2 N–H and O–H groups in total. The van der Waals surface area contributed by atoms with Crippen molar-refractivity contribution in [3.8, 4) is 5.75 Å². The predicted octanol–water partition coefficient (Wildman–Crippen LogP) is 2.35. The van der Waals surface area contributed by atoms with Crippen LogP contribution >= 0.6 is 0 Å². The van der Waals surface area contributed by atoms with Gasteiger partial charge in [-0.15, -0.1) is 0 Å². The highest BCUT2D eigenvalue weighted by molar-refractivity contribution is 7.91. The Labute approximate surface area is 178 Å². The van der Waals surface area contributed by atoms with Crippen molar-refractivity contribution in [1.29, 1.82) is 0 Å². The number of ether oxygens (including phenoxy) is 1. The van der Waals surface area contributed by atoms with E-state index in [0.29, 0.717) is 17.7 Å². The second-order valence-corrected chi connectivity index (χ2v) is 9.83. The Morgan fingerprint density at radius 1 is 1.03 bits per heavy atom. The Morgan fingerprint density at radius 2 is 1.70 bits per heavy atom. The highest BCUT2D eigenvalue weighted by Gasteiger charge is 2.27. The van der Waals surface area contributed by atoms with Crippen molar-refractivity contribution in [2.75, 3.05) is 43.9 Å². The molecule has 162 valence electrons. The van der Waals surface area contributed by atoms with Crippen LogP contribution in [0, 0.1) is 0 Å². The first kappa shape index (κ1) is 20.9. The standard InChI is InChI=1S/C21H29N5O3S/c1-29-17-7-9-18(10-8-17)30(27,28)19-15-23-21(24-20(19)22)26-13-11-25(12-14-26)16-5-3-2-4-6-16/h7-10,15-16H,2-6,11-14H2,1H3,(H2,22,23,24). The van der Waals surface area contributed by atoms with Gasteiger partial charge in [0.1, 0.15) is 16.5 Å². The molecule has 1 aromatic carbocycles. The molecule has 2 heterocycles. The summed E-state index contributed by atoms with van der Waals surface area (Å²) in [6, 6.07) is 6.88. The van der Waals surface area contributed by atoms with E-state index in [1.807, 2.05) is 0 Å². The average Bonchev–Trinajstić information content (AvgIpc) is 2.79. The first-order valence-electron chi connectivity index (χ1n) is 10.5. The lowest BCUT2D eigenvalue weighted by Crippen LogP contribution is -2.51. The third-order valence-electron chi connectivity index (χ3n) is 6.12. The quantitative estimate of drug-likeness (QED) is 0.770. The van der Waals surface area contributed by atoms with Crippen LogP contribution in [-0.2, 0) is 9.84 Å². The van der Waals surface area contributed by atoms with Gasteiger partial charge in [0, 0.05) is 32.2 Å². The van der Waals surface area contributed by atoms with Gasteiger partial charge < -0.3 is 15.4 Å².